The molecule has 1 N–H and O–H groups in total. The smallest absolute Gasteiger partial charge is 0.312 e. The summed E-state index contributed by atoms with van der Waals surface area (Å²) < 4.78 is 39.2. The van der Waals surface area contributed by atoms with Crippen molar-refractivity contribution in [1.29, 1.82) is 0 Å². The summed E-state index contributed by atoms with van der Waals surface area (Å²) >= 11 is 0. The van der Waals surface area contributed by atoms with Gasteiger partial charge >= 0.3 is 6.18 Å². The van der Waals surface area contributed by atoms with E-state index in [1.807, 2.05) is 6.92 Å². The molecule has 2 rings (SSSR count). The Morgan fingerprint density at radius 1 is 1.32 bits per heavy atom. The van der Waals surface area contributed by atoms with Crippen LogP contribution in [-0.2, 0) is 6.18 Å². The van der Waals surface area contributed by atoms with Crippen LogP contribution < -0.4 is 5.32 Å². The van der Waals surface area contributed by atoms with Gasteiger partial charge in [-0.3, -0.25) is 0 Å². The van der Waals surface area contributed by atoms with Crippen molar-refractivity contribution in [1.82, 2.24) is 20.3 Å². The largest absolute Gasteiger partial charge is 0.416 e. The van der Waals surface area contributed by atoms with Crippen LogP contribution in [-0.4, -0.2) is 22.0 Å². The average molecular weight is 270 g/mol. The molecule has 7 heteroatoms. The van der Waals surface area contributed by atoms with E-state index in [-0.39, 0.29) is 6.04 Å². The van der Waals surface area contributed by atoms with E-state index < -0.39 is 11.7 Å². The molecule has 1 aromatic heterocycles. The quantitative estimate of drug-likeness (QED) is 0.932. The van der Waals surface area contributed by atoms with Crippen molar-refractivity contribution in [3.63, 3.8) is 0 Å². The molecule has 102 valence electrons. The molecular formula is C12H13F3N4. The van der Waals surface area contributed by atoms with Gasteiger partial charge < -0.3 is 5.32 Å². The number of alkyl halides is 3. The summed E-state index contributed by atoms with van der Waals surface area (Å²) in [6.45, 7) is 1.89. The monoisotopic (exact) mass is 270 g/mol. The first-order chi connectivity index (χ1) is 8.91. The fraction of sp³-hybridized carbons (Fsp3) is 0.333. The van der Waals surface area contributed by atoms with Crippen LogP contribution in [0.3, 0.4) is 0 Å². The maximum atomic E-state index is 12.6. The fourth-order valence-corrected chi connectivity index (χ4v) is 1.57. The second-order valence-corrected chi connectivity index (χ2v) is 4.15. The Morgan fingerprint density at radius 2 is 2.05 bits per heavy atom. The molecule has 1 atom stereocenters. The van der Waals surface area contributed by atoms with Crippen molar-refractivity contribution in [2.45, 2.75) is 19.1 Å². The summed E-state index contributed by atoms with van der Waals surface area (Å²) in [6.07, 6.45) is -2.76. The summed E-state index contributed by atoms with van der Waals surface area (Å²) in [5, 5.41) is 10.7. The third kappa shape index (κ3) is 2.93. The van der Waals surface area contributed by atoms with Crippen LogP contribution in [0.15, 0.2) is 30.5 Å². The van der Waals surface area contributed by atoms with Crippen LogP contribution in [0.25, 0.3) is 5.69 Å². The number of halogens is 3. The number of hydrogen-bond acceptors (Lipinski definition) is 3. The molecule has 1 aromatic carbocycles. The van der Waals surface area contributed by atoms with Gasteiger partial charge in [0.05, 0.1) is 23.1 Å². The molecule has 0 bridgehead atoms. The molecule has 0 saturated heterocycles. The molecular weight excluding hydrogens is 257 g/mol. The third-order valence-electron chi connectivity index (χ3n) is 2.83. The second kappa shape index (κ2) is 5.00. The molecule has 0 amide bonds. The lowest BCUT2D eigenvalue weighted by Gasteiger charge is -2.08. The number of nitrogens with one attached hydrogen (secondary N) is 1. The first-order valence-electron chi connectivity index (χ1n) is 5.69. The van der Waals surface area contributed by atoms with Crippen LogP contribution in [0, 0.1) is 0 Å². The molecule has 19 heavy (non-hydrogen) atoms. The second-order valence-electron chi connectivity index (χ2n) is 4.15. The highest BCUT2D eigenvalue weighted by molar-refractivity contribution is 5.36. The molecule has 0 fully saturated rings. The summed E-state index contributed by atoms with van der Waals surface area (Å²) in [7, 11) is 1.77. The molecule has 0 aliphatic rings. The summed E-state index contributed by atoms with van der Waals surface area (Å²) in [5.74, 6) is 0. The van der Waals surface area contributed by atoms with E-state index in [1.54, 1.807) is 19.3 Å². The number of aromatic nitrogens is 3. The highest BCUT2D eigenvalue weighted by Crippen LogP contribution is 2.30. The van der Waals surface area contributed by atoms with Crippen molar-refractivity contribution < 1.29 is 13.2 Å². The van der Waals surface area contributed by atoms with E-state index in [0.29, 0.717) is 11.4 Å². The van der Waals surface area contributed by atoms with Gasteiger partial charge in [0.25, 0.3) is 0 Å². The van der Waals surface area contributed by atoms with Crippen LogP contribution in [0.5, 0.6) is 0 Å². The van der Waals surface area contributed by atoms with E-state index in [4.69, 9.17) is 0 Å². The zero-order valence-corrected chi connectivity index (χ0v) is 10.4. The molecule has 0 radical (unpaired) electrons. The number of nitrogens with zero attached hydrogens (tertiary/aromatic N) is 3. The maximum absolute atomic E-state index is 12.6. The zero-order chi connectivity index (χ0) is 14.0. The number of rotatable bonds is 3. The number of hydrogen-bond donors (Lipinski definition) is 1. The summed E-state index contributed by atoms with van der Waals surface area (Å²) in [5.41, 5.74) is 0.292. The van der Waals surface area contributed by atoms with Crippen molar-refractivity contribution in [3.8, 4) is 5.69 Å². The van der Waals surface area contributed by atoms with E-state index in [1.165, 1.54) is 10.7 Å². The Bertz CT molecular complexity index is 562. The standard InChI is InChI=1S/C12H13F3N4/c1-8(16-2)11-7-19(18-17-11)10-5-3-4-9(6-10)12(13,14)15/h3-8,16H,1-2H3. The molecule has 2 aromatic rings. The Labute approximate surface area is 108 Å². The van der Waals surface area contributed by atoms with Crippen LogP contribution in [0.2, 0.25) is 0 Å². The van der Waals surface area contributed by atoms with Crippen LogP contribution in [0.4, 0.5) is 13.2 Å². The molecule has 1 heterocycles. The Morgan fingerprint density at radius 3 is 2.68 bits per heavy atom. The maximum Gasteiger partial charge on any atom is 0.416 e. The van der Waals surface area contributed by atoms with Crippen LogP contribution in [0.1, 0.15) is 24.2 Å². The van der Waals surface area contributed by atoms with E-state index in [0.717, 1.165) is 12.1 Å². The number of benzene rings is 1. The lowest BCUT2D eigenvalue weighted by atomic mass is 10.2. The molecule has 0 spiro atoms. The minimum atomic E-state index is -4.36. The van der Waals surface area contributed by atoms with Crippen molar-refractivity contribution in [3.05, 3.63) is 41.7 Å². The predicted octanol–water partition coefficient (Wildman–Crippen LogP) is 2.57. The molecule has 0 aliphatic carbocycles. The van der Waals surface area contributed by atoms with Gasteiger partial charge in [0, 0.05) is 6.04 Å². The minimum Gasteiger partial charge on any atom is -0.312 e. The average Bonchev–Trinajstić information content (AvgIpc) is 2.86. The Hall–Kier alpha value is -1.89. The zero-order valence-electron chi connectivity index (χ0n) is 10.4. The molecule has 0 saturated carbocycles. The first kappa shape index (κ1) is 13.5. The van der Waals surface area contributed by atoms with Crippen molar-refractivity contribution in [2.24, 2.45) is 0 Å². The fourth-order valence-electron chi connectivity index (χ4n) is 1.57. The van der Waals surface area contributed by atoms with Gasteiger partial charge in [0.1, 0.15) is 0 Å². The van der Waals surface area contributed by atoms with Gasteiger partial charge in [-0.2, -0.15) is 13.2 Å². The van der Waals surface area contributed by atoms with Gasteiger partial charge in [0.15, 0.2) is 0 Å². The summed E-state index contributed by atoms with van der Waals surface area (Å²) in [4.78, 5) is 0. The van der Waals surface area contributed by atoms with E-state index >= 15 is 0 Å². The Kier molecular flexibility index (Phi) is 3.57. The van der Waals surface area contributed by atoms with Gasteiger partial charge in [-0.05, 0) is 32.2 Å². The lowest BCUT2D eigenvalue weighted by Crippen LogP contribution is -2.12. The van der Waals surface area contributed by atoms with E-state index in [9.17, 15) is 13.2 Å². The van der Waals surface area contributed by atoms with Gasteiger partial charge in [-0.15, -0.1) is 5.10 Å². The highest BCUT2D eigenvalue weighted by atomic mass is 19.4. The van der Waals surface area contributed by atoms with Gasteiger partial charge in [-0.25, -0.2) is 4.68 Å². The third-order valence-corrected chi connectivity index (χ3v) is 2.83. The molecule has 4 nitrogen and oxygen atoms in total. The topological polar surface area (TPSA) is 42.7 Å². The first-order valence-corrected chi connectivity index (χ1v) is 5.69. The molecule has 1 unspecified atom stereocenters. The van der Waals surface area contributed by atoms with Crippen molar-refractivity contribution in [2.75, 3.05) is 7.05 Å². The predicted molar refractivity (Wildman–Crippen MR) is 63.8 cm³/mol. The minimum absolute atomic E-state index is 0.0143. The normalized spacial score (nSPS) is 13.5. The SMILES string of the molecule is CNC(C)c1cn(-c2cccc(C(F)(F)F)c2)nn1. The van der Waals surface area contributed by atoms with Gasteiger partial charge in [0.2, 0.25) is 0 Å². The van der Waals surface area contributed by atoms with Crippen LogP contribution >= 0.6 is 0 Å². The van der Waals surface area contributed by atoms with Crippen molar-refractivity contribution >= 4 is 0 Å². The Balaban J connectivity index is 2.34. The van der Waals surface area contributed by atoms with E-state index in [2.05, 4.69) is 15.6 Å². The van der Waals surface area contributed by atoms with Gasteiger partial charge in [-0.1, -0.05) is 11.3 Å². The lowest BCUT2D eigenvalue weighted by molar-refractivity contribution is -0.137. The molecule has 0 aliphatic heterocycles. The summed E-state index contributed by atoms with van der Waals surface area (Å²) in [6, 6.07) is 4.96. The highest BCUT2D eigenvalue weighted by Gasteiger charge is 2.30.